The van der Waals surface area contributed by atoms with E-state index in [1.807, 2.05) is 50.7 Å². The molecule has 0 bridgehead atoms. The lowest BCUT2D eigenvalue weighted by Gasteiger charge is -2.20. The van der Waals surface area contributed by atoms with Crippen molar-refractivity contribution in [2.24, 2.45) is 4.99 Å². The number of aromatic nitrogens is 2. The zero-order valence-electron chi connectivity index (χ0n) is 16.2. The number of H-pyrrole nitrogens is 1. The van der Waals surface area contributed by atoms with Crippen molar-refractivity contribution in [3.05, 3.63) is 90.3 Å². The molecule has 3 rings (SSSR count). The van der Waals surface area contributed by atoms with Gasteiger partial charge in [0.15, 0.2) is 0 Å². The van der Waals surface area contributed by atoms with Gasteiger partial charge in [-0.1, -0.05) is 18.7 Å². The average Bonchev–Trinajstić information content (AvgIpc) is 3.24. The van der Waals surface area contributed by atoms with Gasteiger partial charge in [-0.3, -0.25) is 9.98 Å². The highest BCUT2D eigenvalue weighted by molar-refractivity contribution is 5.78. The molecule has 1 unspecified atom stereocenters. The van der Waals surface area contributed by atoms with Crippen molar-refractivity contribution in [3.63, 3.8) is 0 Å². The minimum absolute atomic E-state index is 0.0298. The molecule has 6 heteroatoms. The maximum atomic E-state index is 4.71. The van der Waals surface area contributed by atoms with Gasteiger partial charge in [0.05, 0.1) is 23.6 Å². The summed E-state index contributed by atoms with van der Waals surface area (Å²) >= 11 is 0. The number of anilines is 1. The molecule has 0 aliphatic carbocycles. The fourth-order valence-electron chi connectivity index (χ4n) is 2.84. The van der Waals surface area contributed by atoms with E-state index in [2.05, 4.69) is 50.7 Å². The minimum Gasteiger partial charge on any atom is -0.388 e. The van der Waals surface area contributed by atoms with Crippen molar-refractivity contribution in [1.82, 2.24) is 20.6 Å². The van der Waals surface area contributed by atoms with Crippen LogP contribution >= 0.6 is 0 Å². The van der Waals surface area contributed by atoms with Crippen molar-refractivity contribution in [3.8, 4) is 0 Å². The zero-order chi connectivity index (χ0) is 19.8. The Labute approximate surface area is 165 Å². The third kappa shape index (κ3) is 5.01. The van der Waals surface area contributed by atoms with Crippen molar-refractivity contribution < 1.29 is 0 Å². The fourth-order valence-corrected chi connectivity index (χ4v) is 2.84. The summed E-state index contributed by atoms with van der Waals surface area (Å²) in [4.78, 5) is 12.0. The summed E-state index contributed by atoms with van der Waals surface area (Å²) < 4.78 is 0. The van der Waals surface area contributed by atoms with Crippen LogP contribution in [0.25, 0.3) is 5.70 Å². The standard InChI is InChI=1S/C22H26N6/c1-16-6-4-8-22(28-16)21(27-14-18-7-5-11-25-18)10-13-26-20-9-12-24-15-19(20)17(2)23-3/h4-12,14-15,22-23,25,28H,2,13H2,1,3H3,(H,24,26)/b21-10-,27-14-. The van der Waals surface area contributed by atoms with E-state index in [0.29, 0.717) is 6.54 Å². The first-order valence-electron chi connectivity index (χ1n) is 9.21. The normalized spacial score (nSPS) is 16.6. The van der Waals surface area contributed by atoms with Crippen LogP contribution in [0.1, 0.15) is 18.2 Å². The summed E-state index contributed by atoms with van der Waals surface area (Å²) in [6.45, 7) is 6.70. The summed E-state index contributed by atoms with van der Waals surface area (Å²) in [5, 5.41) is 9.96. The van der Waals surface area contributed by atoms with Gasteiger partial charge in [-0.05, 0) is 37.3 Å². The Morgan fingerprint density at radius 1 is 1.39 bits per heavy atom. The van der Waals surface area contributed by atoms with Crippen LogP contribution in [0, 0.1) is 0 Å². The van der Waals surface area contributed by atoms with Crippen molar-refractivity contribution in [1.29, 1.82) is 0 Å². The maximum absolute atomic E-state index is 4.71. The molecule has 3 heterocycles. The summed E-state index contributed by atoms with van der Waals surface area (Å²) in [5.74, 6) is 0. The first-order valence-corrected chi connectivity index (χ1v) is 9.21. The summed E-state index contributed by atoms with van der Waals surface area (Å²) in [6.07, 6.45) is 15.6. The second-order valence-electron chi connectivity index (χ2n) is 6.40. The molecule has 2 aromatic heterocycles. The smallest absolute Gasteiger partial charge is 0.0867 e. The molecule has 0 aromatic carbocycles. The van der Waals surface area contributed by atoms with Gasteiger partial charge < -0.3 is 20.9 Å². The second kappa shape index (κ2) is 9.41. The van der Waals surface area contributed by atoms with Crippen LogP contribution in [0.5, 0.6) is 0 Å². The van der Waals surface area contributed by atoms with Gasteiger partial charge in [0.2, 0.25) is 0 Å². The van der Waals surface area contributed by atoms with E-state index in [1.165, 1.54) is 0 Å². The average molecular weight is 374 g/mol. The highest BCUT2D eigenvalue weighted by Crippen LogP contribution is 2.19. The van der Waals surface area contributed by atoms with Gasteiger partial charge in [0.25, 0.3) is 0 Å². The van der Waals surface area contributed by atoms with E-state index in [0.717, 1.165) is 34.0 Å². The Bertz CT molecular complexity index is 918. The van der Waals surface area contributed by atoms with Crippen molar-refractivity contribution >= 4 is 17.6 Å². The number of nitrogens with one attached hydrogen (secondary N) is 4. The minimum atomic E-state index is 0.0298. The number of aromatic amines is 1. The maximum Gasteiger partial charge on any atom is 0.0867 e. The molecule has 0 spiro atoms. The summed E-state index contributed by atoms with van der Waals surface area (Å²) in [7, 11) is 1.85. The molecule has 28 heavy (non-hydrogen) atoms. The highest BCUT2D eigenvalue weighted by atomic mass is 15.0. The zero-order valence-corrected chi connectivity index (χ0v) is 16.2. The predicted octanol–water partition coefficient (Wildman–Crippen LogP) is 3.45. The van der Waals surface area contributed by atoms with Gasteiger partial charge in [-0.15, -0.1) is 0 Å². The number of allylic oxidation sites excluding steroid dienone is 3. The molecule has 0 radical (unpaired) electrons. The van der Waals surface area contributed by atoms with Crippen LogP contribution in [0.3, 0.4) is 0 Å². The molecule has 144 valence electrons. The number of nitrogens with zero attached hydrogens (tertiary/aromatic N) is 2. The Morgan fingerprint density at radius 3 is 3.04 bits per heavy atom. The molecule has 4 N–H and O–H groups in total. The van der Waals surface area contributed by atoms with Gasteiger partial charge in [-0.25, -0.2) is 0 Å². The Hall–Kier alpha value is -3.54. The summed E-state index contributed by atoms with van der Waals surface area (Å²) in [5.41, 5.74) is 5.76. The lowest BCUT2D eigenvalue weighted by molar-refractivity contribution is 0.731. The van der Waals surface area contributed by atoms with Gasteiger partial charge >= 0.3 is 0 Å². The predicted molar refractivity (Wildman–Crippen MR) is 117 cm³/mol. The molecule has 0 amide bonds. The molecular weight excluding hydrogens is 348 g/mol. The lowest BCUT2D eigenvalue weighted by atomic mass is 10.1. The highest BCUT2D eigenvalue weighted by Gasteiger charge is 2.12. The molecule has 1 aliphatic heterocycles. The SMILES string of the molecule is C=C(NC)c1cnccc1NC/C=C(\N=C/c1ccc[nH]1)C1C=CC=C(C)N1. The van der Waals surface area contributed by atoms with Crippen LogP contribution in [-0.2, 0) is 0 Å². The number of aliphatic imine (C=N–C) groups is 1. The molecule has 1 aliphatic rings. The van der Waals surface area contributed by atoms with Crippen molar-refractivity contribution in [2.75, 3.05) is 18.9 Å². The van der Waals surface area contributed by atoms with Gasteiger partial charge in [-0.2, -0.15) is 0 Å². The Balaban J connectivity index is 1.77. The number of hydrogen-bond donors (Lipinski definition) is 4. The van der Waals surface area contributed by atoms with E-state index in [-0.39, 0.29) is 6.04 Å². The number of hydrogen-bond acceptors (Lipinski definition) is 5. The van der Waals surface area contributed by atoms with E-state index in [1.54, 1.807) is 12.4 Å². The number of pyridine rings is 1. The third-order valence-electron chi connectivity index (χ3n) is 4.38. The third-order valence-corrected chi connectivity index (χ3v) is 4.38. The second-order valence-corrected chi connectivity index (χ2v) is 6.40. The molecule has 6 nitrogen and oxygen atoms in total. The topological polar surface area (TPSA) is 77.1 Å². The van der Waals surface area contributed by atoms with E-state index >= 15 is 0 Å². The molecule has 0 saturated carbocycles. The first kappa shape index (κ1) is 19.2. The molecule has 2 aromatic rings. The molecule has 0 saturated heterocycles. The molecular formula is C22H26N6. The van der Waals surface area contributed by atoms with Crippen LogP contribution in [0.2, 0.25) is 0 Å². The lowest BCUT2D eigenvalue weighted by Crippen LogP contribution is -2.29. The molecule has 0 fully saturated rings. The van der Waals surface area contributed by atoms with Crippen LogP contribution < -0.4 is 16.0 Å². The van der Waals surface area contributed by atoms with Crippen molar-refractivity contribution in [2.45, 2.75) is 13.0 Å². The fraction of sp³-hybridized carbons (Fsp3) is 0.182. The Kier molecular flexibility index (Phi) is 6.46. The monoisotopic (exact) mass is 374 g/mol. The van der Waals surface area contributed by atoms with Crippen LogP contribution in [-0.4, -0.2) is 35.8 Å². The first-order chi connectivity index (χ1) is 13.7. The largest absolute Gasteiger partial charge is 0.388 e. The van der Waals surface area contributed by atoms with Crippen LogP contribution in [0.15, 0.2) is 84.1 Å². The van der Waals surface area contributed by atoms with E-state index in [9.17, 15) is 0 Å². The van der Waals surface area contributed by atoms with E-state index in [4.69, 9.17) is 4.99 Å². The summed E-state index contributed by atoms with van der Waals surface area (Å²) in [6, 6.07) is 5.92. The molecule has 1 atom stereocenters. The van der Waals surface area contributed by atoms with E-state index < -0.39 is 0 Å². The van der Waals surface area contributed by atoms with Crippen LogP contribution in [0.4, 0.5) is 5.69 Å². The number of dihydropyridines is 1. The number of rotatable bonds is 8. The van der Waals surface area contributed by atoms with Gasteiger partial charge in [0.1, 0.15) is 0 Å². The van der Waals surface area contributed by atoms with Gasteiger partial charge in [0, 0.05) is 54.8 Å². The Morgan fingerprint density at radius 2 is 2.29 bits per heavy atom. The quantitative estimate of drug-likeness (QED) is 0.534.